The van der Waals surface area contributed by atoms with Crippen LogP contribution in [0.3, 0.4) is 0 Å². The molecule has 0 amide bonds. The lowest BCUT2D eigenvalue weighted by Gasteiger charge is -2.24. The fourth-order valence-electron chi connectivity index (χ4n) is 4.72. The number of hydrogen-bond acceptors (Lipinski definition) is 4. The van der Waals surface area contributed by atoms with Crippen molar-refractivity contribution < 1.29 is 0 Å². The molecule has 0 spiro atoms. The third-order valence-electron chi connectivity index (χ3n) is 6.49. The molecule has 0 saturated heterocycles. The molecule has 2 aliphatic rings. The van der Waals surface area contributed by atoms with Crippen molar-refractivity contribution in [2.24, 2.45) is 10.8 Å². The van der Waals surface area contributed by atoms with Crippen molar-refractivity contribution in [1.82, 2.24) is 9.13 Å². The molecule has 8 heteroatoms. The quantitative estimate of drug-likeness (QED) is 0.403. The first-order valence-corrected chi connectivity index (χ1v) is 11.8. The van der Waals surface area contributed by atoms with Crippen molar-refractivity contribution >= 4 is 0 Å². The molecule has 2 fully saturated rings. The van der Waals surface area contributed by atoms with Crippen LogP contribution in [-0.2, 0) is 13.1 Å². The smallest absolute Gasteiger partial charge is 0.250 e. The van der Waals surface area contributed by atoms with E-state index in [9.17, 15) is 9.59 Å². The SMILES string of the molecule is NCc1ccc(=O)n(C2CCCCC2)c1.[N-]=[N+]=NCc1ccc(=O)n(C2CCCCC2)c1. The number of hydrogen-bond donors (Lipinski definition) is 1. The summed E-state index contributed by atoms with van der Waals surface area (Å²) in [6, 6.07) is 7.48. The van der Waals surface area contributed by atoms with Crippen LogP contribution in [0, 0.1) is 0 Å². The van der Waals surface area contributed by atoms with Crippen molar-refractivity contribution in [3.8, 4) is 0 Å². The molecule has 0 aliphatic heterocycles. The number of pyridine rings is 2. The first kappa shape index (κ1) is 23.8. The van der Waals surface area contributed by atoms with E-state index in [2.05, 4.69) is 10.0 Å². The summed E-state index contributed by atoms with van der Waals surface area (Å²) in [5, 5.41) is 3.52. The van der Waals surface area contributed by atoms with Crippen LogP contribution in [0.4, 0.5) is 0 Å². The zero-order chi connectivity index (χ0) is 22.8. The average molecular weight is 439 g/mol. The molecule has 2 N–H and O–H groups in total. The highest BCUT2D eigenvalue weighted by Crippen LogP contribution is 2.27. The maximum atomic E-state index is 11.8. The monoisotopic (exact) mass is 438 g/mol. The third-order valence-corrected chi connectivity index (χ3v) is 6.49. The summed E-state index contributed by atoms with van der Waals surface area (Å²) in [5.41, 5.74) is 16.0. The topological polar surface area (TPSA) is 119 Å². The molecule has 8 nitrogen and oxygen atoms in total. The van der Waals surface area contributed by atoms with Gasteiger partial charge in [-0.2, -0.15) is 0 Å². The van der Waals surface area contributed by atoms with Crippen molar-refractivity contribution in [2.45, 2.75) is 89.4 Å². The second-order valence-corrected chi connectivity index (χ2v) is 8.74. The van der Waals surface area contributed by atoms with Gasteiger partial charge in [0.25, 0.3) is 11.1 Å². The molecular weight excluding hydrogens is 404 g/mol. The first-order chi connectivity index (χ1) is 15.6. The minimum Gasteiger partial charge on any atom is -0.326 e. The minimum atomic E-state index is 0.0431. The Labute approximate surface area is 188 Å². The second-order valence-electron chi connectivity index (χ2n) is 8.74. The van der Waals surface area contributed by atoms with E-state index in [0.29, 0.717) is 25.2 Å². The standard InChI is InChI=1S/C12H16N4O.C12H18N2O/c13-15-14-8-10-6-7-12(17)16(9-10)11-4-2-1-3-5-11;13-8-10-6-7-12(15)14(9-10)11-4-2-1-3-5-11/h6-7,9,11H,1-5,8H2;6-7,9,11H,1-5,8,13H2. The molecule has 4 rings (SSSR count). The lowest BCUT2D eigenvalue weighted by molar-refractivity contribution is 0.345. The van der Waals surface area contributed by atoms with Gasteiger partial charge in [0.15, 0.2) is 0 Å². The third kappa shape index (κ3) is 6.58. The molecule has 2 aromatic heterocycles. The zero-order valence-electron chi connectivity index (χ0n) is 18.7. The van der Waals surface area contributed by atoms with Gasteiger partial charge in [-0.1, -0.05) is 55.8 Å². The molecular formula is C24H34N6O2. The fourth-order valence-corrected chi connectivity index (χ4v) is 4.72. The van der Waals surface area contributed by atoms with Crippen LogP contribution in [0.1, 0.15) is 87.4 Å². The van der Waals surface area contributed by atoms with Gasteiger partial charge in [0.1, 0.15) is 0 Å². The Morgan fingerprint density at radius 1 is 0.812 bits per heavy atom. The number of nitrogens with two attached hydrogens (primary N) is 1. The summed E-state index contributed by atoms with van der Waals surface area (Å²) in [4.78, 5) is 26.2. The molecule has 32 heavy (non-hydrogen) atoms. The Morgan fingerprint density at radius 2 is 1.28 bits per heavy atom. The average Bonchev–Trinajstić information content (AvgIpc) is 2.85. The lowest BCUT2D eigenvalue weighted by atomic mass is 9.95. The Kier molecular flexibility index (Phi) is 9.13. The van der Waals surface area contributed by atoms with Crippen LogP contribution in [0.2, 0.25) is 0 Å². The highest BCUT2D eigenvalue weighted by molar-refractivity contribution is 5.11. The van der Waals surface area contributed by atoms with E-state index < -0.39 is 0 Å². The molecule has 0 unspecified atom stereocenters. The number of nitrogens with zero attached hydrogens (tertiary/aromatic N) is 5. The van der Waals surface area contributed by atoms with Crippen LogP contribution < -0.4 is 16.9 Å². The van der Waals surface area contributed by atoms with E-state index in [4.69, 9.17) is 11.3 Å². The minimum absolute atomic E-state index is 0.0431. The van der Waals surface area contributed by atoms with Gasteiger partial charge in [-0.25, -0.2) is 0 Å². The largest absolute Gasteiger partial charge is 0.326 e. The molecule has 0 bridgehead atoms. The molecule has 0 aromatic carbocycles. The molecule has 0 radical (unpaired) electrons. The highest BCUT2D eigenvalue weighted by Gasteiger charge is 2.17. The molecule has 2 aliphatic carbocycles. The number of azide groups is 1. The van der Waals surface area contributed by atoms with E-state index in [-0.39, 0.29) is 11.1 Å². The van der Waals surface area contributed by atoms with Crippen molar-refractivity contribution in [3.63, 3.8) is 0 Å². The highest BCUT2D eigenvalue weighted by atomic mass is 16.1. The van der Waals surface area contributed by atoms with Crippen LogP contribution >= 0.6 is 0 Å². The summed E-state index contributed by atoms with van der Waals surface area (Å²) < 4.78 is 3.68. The van der Waals surface area contributed by atoms with Gasteiger partial charge in [0, 0.05) is 48.1 Å². The van der Waals surface area contributed by atoms with Crippen LogP contribution in [0.15, 0.2) is 51.4 Å². The maximum absolute atomic E-state index is 11.8. The van der Waals surface area contributed by atoms with E-state index in [1.165, 1.54) is 38.5 Å². The normalized spacial score (nSPS) is 17.2. The van der Waals surface area contributed by atoms with Crippen LogP contribution in [-0.4, -0.2) is 9.13 Å². The number of rotatable bonds is 5. The lowest BCUT2D eigenvalue weighted by Crippen LogP contribution is -2.26. The van der Waals surface area contributed by atoms with E-state index in [1.807, 2.05) is 23.0 Å². The van der Waals surface area contributed by atoms with E-state index in [1.54, 1.807) is 22.8 Å². The Hall–Kier alpha value is -2.83. The summed E-state index contributed by atoms with van der Waals surface area (Å²) in [6.45, 7) is 0.816. The van der Waals surface area contributed by atoms with Crippen molar-refractivity contribution in [3.05, 3.63) is 78.9 Å². The van der Waals surface area contributed by atoms with Crippen molar-refractivity contribution in [1.29, 1.82) is 0 Å². The molecule has 2 saturated carbocycles. The van der Waals surface area contributed by atoms with Gasteiger partial charge in [0.2, 0.25) is 0 Å². The summed E-state index contributed by atoms with van der Waals surface area (Å²) in [6.07, 6.45) is 15.6. The molecule has 2 heterocycles. The predicted octanol–water partition coefficient (Wildman–Crippen LogP) is 4.98. The summed E-state index contributed by atoms with van der Waals surface area (Å²) in [5.74, 6) is 0. The molecule has 172 valence electrons. The van der Waals surface area contributed by atoms with E-state index in [0.717, 1.165) is 36.8 Å². The second kappa shape index (κ2) is 12.3. The van der Waals surface area contributed by atoms with Gasteiger partial charge in [-0.15, -0.1) is 0 Å². The Balaban J connectivity index is 0.000000182. The van der Waals surface area contributed by atoms with Crippen molar-refractivity contribution in [2.75, 3.05) is 0 Å². The van der Waals surface area contributed by atoms with Gasteiger partial charge < -0.3 is 14.9 Å². The summed E-state index contributed by atoms with van der Waals surface area (Å²) >= 11 is 0. The fraction of sp³-hybridized carbons (Fsp3) is 0.583. The maximum Gasteiger partial charge on any atom is 0.250 e. The first-order valence-electron chi connectivity index (χ1n) is 11.8. The van der Waals surface area contributed by atoms with Gasteiger partial charge >= 0.3 is 0 Å². The zero-order valence-corrected chi connectivity index (χ0v) is 18.7. The van der Waals surface area contributed by atoms with Gasteiger partial charge in [0.05, 0.1) is 6.54 Å². The Morgan fingerprint density at radius 3 is 1.75 bits per heavy atom. The van der Waals surface area contributed by atoms with Gasteiger partial charge in [-0.3, -0.25) is 9.59 Å². The van der Waals surface area contributed by atoms with Crippen LogP contribution in [0.5, 0.6) is 0 Å². The molecule has 0 atom stereocenters. The Bertz CT molecular complexity index is 1030. The number of aromatic nitrogens is 2. The van der Waals surface area contributed by atoms with E-state index >= 15 is 0 Å². The molecule has 2 aromatic rings. The summed E-state index contributed by atoms with van der Waals surface area (Å²) in [7, 11) is 0. The van der Waals surface area contributed by atoms with Gasteiger partial charge in [-0.05, 0) is 42.3 Å². The predicted molar refractivity (Wildman–Crippen MR) is 126 cm³/mol. The van der Waals surface area contributed by atoms with Crippen LogP contribution in [0.25, 0.3) is 10.4 Å².